The Morgan fingerprint density at radius 3 is 2.44 bits per heavy atom. The van der Waals surface area contributed by atoms with Gasteiger partial charge in [-0.05, 0) is 24.5 Å². The zero-order valence-electron chi connectivity index (χ0n) is 10.7. The Morgan fingerprint density at radius 1 is 1.31 bits per heavy atom. The molecule has 1 aromatic heterocycles. The Balaban J connectivity index is 0.00000128. The Morgan fingerprint density at radius 2 is 1.94 bits per heavy atom. The van der Waals surface area contributed by atoms with Crippen molar-refractivity contribution < 1.29 is 55.9 Å². The molecule has 0 aliphatic carbocycles. The molecule has 2 heterocycles. The van der Waals surface area contributed by atoms with Crippen molar-refractivity contribution in [2.24, 2.45) is 0 Å². The van der Waals surface area contributed by atoms with Gasteiger partial charge in [0.25, 0.3) is 0 Å². The molecule has 84 valence electrons. The molecule has 5 heteroatoms. The van der Waals surface area contributed by atoms with E-state index in [2.05, 4.69) is 42.1 Å². The third-order valence-electron chi connectivity index (χ3n) is 3.31. The molecule has 0 amide bonds. The molecular formula is C11H18KN3O. The molecule has 0 aromatic carbocycles. The van der Waals surface area contributed by atoms with Gasteiger partial charge < -0.3 is 14.3 Å². The Labute approximate surface area is 140 Å². The topological polar surface area (TPSA) is 32.5 Å². The summed E-state index contributed by atoms with van der Waals surface area (Å²) in [7, 11) is 2.16. The van der Waals surface area contributed by atoms with Crippen LogP contribution in [0.15, 0.2) is 10.6 Å². The second-order valence-electron chi connectivity index (χ2n) is 4.68. The summed E-state index contributed by atoms with van der Waals surface area (Å²) in [5.74, 6) is 0. The van der Waals surface area contributed by atoms with Crippen LogP contribution in [0.1, 0.15) is 19.5 Å². The minimum atomic E-state index is -0.0508. The predicted molar refractivity (Wildman–Crippen MR) is 57.4 cm³/mol. The third kappa shape index (κ3) is 3.16. The number of likely N-dealkylation sites (N-methyl/N-ethyl adjacent to an activating group) is 1. The van der Waals surface area contributed by atoms with E-state index in [9.17, 15) is 0 Å². The average molecular weight is 247 g/mol. The van der Waals surface area contributed by atoms with Crippen LogP contribution in [0.2, 0.25) is 0 Å². The van der Waals surface area contributed by atoms with Gasteiger partial charge in [0, 0.05) is 26.2 Å². The Hall–Kier alpha value is 0.766. The minimum Gasteiger partial charge on any atom is -0.480 e. The average Bonchev–Trinajstić information content (AvgIpc) is 2.71. The van der Waals surface area contributed by atoms with Crippen LogP contribution in [0.4, 0.5) is 0 Å². The van der Waals surface area contributed by atoms with E-state index in [1.54, 1.807) is 0 Å². The molecule has 2 rings (SSSR count). The van der Waals surface area contributed by atoms with Crippen LogP contribution in [-0.2, 0) is 5.54 Å². The molecule has 0 spiro atoms. The molecule has 1 fully saturated rings. The molecule has 0 saturated carbocycles. The van der Waals surface area contributed by atoms with Gasteiger partial charge in [0.05, 0.1) is 0 Å². The van der Waals surface area contributed by atoms with Gasteiger partial charge in [0.2, 0.25) is 0 Å². The molecule has 0 N–H and O–H groups in total. The molecular weight excluding hydrogens is 229 g/mol. The van der Waals surface area contributed by atoms with Crippen LogP contribution in [-0.4, -0.2) is 48.2 Å². The first kappa shape index (κ1) is 14.8. The van der Waals surface area contributed by atoms with Crippen molar-refractivity contribution in [1.29, 1.82) is 0 Å². The summed E-state index contributed by atoms with van der Waals surface area (Å²) in [6.45, 7) is 8.76. The zero-order chi connectivity index (χ0) is 10.9. The number of nitrogens with zero attached hydrogens (tertiary/aromatic N) is 3. The van der Waals surface area contributed by atoms with Crippen LogP contribution < -0.4 is 51.4 Å². The largest absolute Gasteiger partial charge is 1.00 e. The van der Waals surface area contributed by atoms with Gasteiger partial charge in [0.1, 0.15) is 0 Å². The first-order valence-corrected chi connectivity index (χ1v) is 5.37. The summed E-state index contributed by atoms with van der Waals surface area (Å²) in [5.41, 5.74) is 0.914. The van der Waals surface area contributed by atoms with E-state index in [0.29, 0.717) is 0 Å². The molecule has 1 aliphatic rings. The number of aromatic nitrogens is 1. The van der Waals surface area contributed by atoms with Crippen LogP contribution in [0, 0.1) is 6.26 Å². The molecule has 0 radical (unpaired) electrons. The van der Waals surface area contributed by atoms with E-state index >= 15 is 0 Å². The number of hydrogen-bond donors (Lipinski definition) is 0. The maximum Gasteiger partial charge on any atom is 1.00 e. The van der Waals surface area contributed by atoms with Gasteiger partial charge in [-0.2, -0.15) is 6.07 Å². The fourth-order valence-electron chi connectivity index (χ4n) is 2.00. The SMILES string of the molecule is CN1CCN(C(C)(C)c2c[c-]on2)CC1.[K+]. The molecule has 1 aromatic rings. The number of hydrogen-bond acceptors (Lipinski definition) is 4. The maximum atomic E-state index is 4.80. The predicted octanol–water partition coefficient (Wildman–Crippen LogP) is -2.04. The summed E-state index contributed by atoms with van der Waals surface area (Å²) in [4.78, 5) is 4.79. The fraction of sp³-hybridized carbons (Fsp3) is 0.727. The third-order valence-corrected chi connectivity index (χ3v) is 3.31. The van der Waals surface area contributed by atoms with Crippen molar-refractivity contribution in [1.82, 2.24) is 15.0 Å². The van der Waals surface area contributed by atoms with Crippen molar-refractivity contribution in [3.8, 4) is 0 Å². The minimum absolute atomic E-state index is 0. The first-order valence-electron chi connectivity index (χ1n) is 5.37. The smallest absolute Gasteiger partial charge is 0.480 e. The van der Waals surface area contributed by atoms with Gasteiger partial charge in [0.15, 0.2) is 0 Å². The zero-order valence-corrected chi connectivity index (χ0v) is 13.8. The van der Waals surface area contributed by atoms with E-state index in [-0.39, 0.29) is 56.9 Å². The molecule has 16 heavy (non-hydrogen) atoms. The Bertz CT molecular complexity index is 305. The second kappa shape index (κ2) is 6.09. The summed E-state index contributed by atoms with van der Waals surface area (Å²) in [6.07, 6.45) is 2.66. The van der Waals surface area contributed by atoms with E-state index in [1.807, 2.05) is 6.07 Å². The molecule has 4 nitrogen and oxygen atoms in total. The number of rotatable bonds is 2. The van der Waals surface area contributed by atoms with E-state index < -0.39 is 0 Å². The summed E-state index contributed by atoms with van der Waals surface area (Å²) in [6, 6.07) is 1.83. The first-order chi connectivity index (χ1) is 7.10. The molecule has 0 unspecified atom stereocenters. The van der Waals surface area contributed by atoms with Gasteiger partial charge in [-0.15, -0.1) is 0 Å². The summed E-state index contributed by atoms with van der Waals surface area (Å²) in [5, 5.41) is 4.00. The van der Waals surface area contributed by atoms with Crippen molar-refractivity contribution in [3.05, 3.63) is 18.0 Å². The van der Waals surface area contributed by atoms with Crippen molar-refractivity contribution in [2.45, 2.75) is 19.4 Å². The number of piperazine rings is 1. The van der Waals surface area contributed by atoms with Crippen molar-refractivity contribution in [2.75, 3.05) is 33.2 Å². The standard InChI is InChI=1S/C11H18N3O.K/c1-11(2,10-4-9-15-12-10)14-7-5-13(3)6-8-14;/h4H,5-8H2,1-3H3;/q-1;+1. The quantitative estimate of drug-likeness (QED) is 0.445. The van der Waals surface area contributed by atoms with Crippen LogP contribution in [0.25, 0.3) is 0 Å². The van der Waals surface area contributed by atoms with Crippen LogP contribution >= 0.6 is 0 Å². The molecule has 1 aliphatic heterocycles. The summed E-state index contributed by atoms with van der Waals surface area (Å²) >= 11 is 0. The van der Waals surface area contributed by atoms with Gasteiger partial charge >= 0.3 is 51.4 Å². The second-order valence-corrected chi connectivity index (χ2v) is 4.68. The van der Waals surface area contributed by atoms with Crippen molar-refractivity contribution in [3.63, 3.8) is 0 Å². The van der Waals surface area contributed by atoms with Crippen LogP contribution in [0.3, 0.4) is 0 Å². The monoisotopic (exact) mass is 247 g/mol. The van der Waals surface area contributed by atoms with Gasteiger partial charge in [-0.1, -0.05) is 13.8 Å². The van der Waals surface area contributed by atoms with Crippen molar-refractivity contribution >= 4 is 0 Å². The van der Waals surface area contributed by atoms with Crippen LogP contribution in [0.5, 0.6) is 0 Å². The van der Waals surface area contributed by atoms with Gasteiger partial charge in [-0.25, -0.2) is 5.16 Å². The van der Waals surface area contributed by atoms with E-state index in [0.717, 1.165) is 31.9 Å². The van der Waals surface area contributed by atoms with E-state index in [1.165, 1.54) is 0 Å². The van der Waals surface area contributed by atoms with Gasteiger partial charge in [-0.3, -0.25) is 0 Å². The normalized spacial score (nSPS) is 19.4. The maximum absolute atomic E-state index is 4.80. The molecule has 0 atom stereocenters. The Kier molecular flexibility index (Phi) is 5.64. The fourth-order valence-corrected chi connectivity index (χ4v) is 2.00. The summed E-state index contributed by atoms with van der Waals surface area (Å²) < 4.78 is 4.80. The van der Waals surface area contributed by atoms with E-state index in [4.69, 9.17) is 4.52 Å². The molecule has 1 saturated heterocycles. The molecule has 0 bridgehead atoms.